The van der Waals surface area contributed by atoms with Crippen molar-refractivity contribution in [2.45, 2.75) is 66.5 Å². The fraction of sp³-hybridized carbons (Fsp3) is 0.500. The number of hydrogen-bond acceptors (Lipinski definition) is 4. The predicted molar refractivity (Wildman–Crippen MR) is 146 cm³/mol. The molecule has 204 valence electrons. The van der Waals surface area contributed by atoms with Crippen LogP contribution in [0.15, 0.2) is 42.5 Å². The molecule has 7 nitrogen and oxygen atoms in total. The van der Waals surface area contributed by atoms with Crippen LogP contribution in [0.4, 0.5) is 10.1 Å². The molecule has 2 aromatic rings. The first-order valence-electron chi connectivity index (χ1n) is 12.7. The van der Waals surface area contributed by atoms with Crippen LogP contribution in [-0.4, -0.2) is 50.5 Å². The lowest BCUT2D eigenvalue weighted by Gasteiger charge is -2.31. The van der Waals surface area contributed by atoms with E-state index in [4.69, 9.17) is 0 Å². The van der Waals surface area contributed by atoms with Gasteiger partial charge in [-0.2, -0.15) is 0 Å². The molecule has 0 heterocycles. The molecule has 0 aliphatic heterocycles. The lowest BCUT2D eigenvalue weighted by molar-refractivity contribution is -0.141. The first-order valence-corrected chi connectivity index (χ1v) is 14.5. The van der Waals surface area contributed by atoms with Gasteiger partial charge < -0.3 is 10.2 Å². The maximum Gasteiger partial charge on any atom is 0.242 e. The van der Waals surface area contributed by atoms with Gasteiger partial charge in [0.15, 0.2) is 0 Å². The largest absolute Gasteiger partial charge is 0.354 e. The van der Waals surface area contributed by atoms with Gasteiger partial charge in [0, 0.05) is 26.1 Å². The molecule has 1 atom stereocenters. The predicted octanol–water partition coefficient (Wildman–Crippen LogP) is 4.57. The van der Waals surface area contributed by atoms with E-state index in [0.29, 0.717) is 24.2 Å². The summed E-state index contributed by atoms with van der Waals surface area (Å²) in [6.45, 7) is 10.4. The third-order valence-corrected chi connectivity index (χ3v) is 7.30. The number of aryl methyl sites for hydroxylation is 2. The van der Waals surface area contributed by atoms with E-state index in [1.54, 1.807) is 12.1 Å². The molecule has 37 heavy (non-hydrogen) atoms. The number of anilines is 1. The molecular weight excluding hydrogens is 493 g/mol. The van der Waals surface area contributed by atoms with Crippen LogP contribution in [0.2, 0.25) is 0 Å². The first-order chi connectivity index (χ1) is 17.3. The fourth-order valence-electron chi connectivity index (χ4n) is 4.10. The monoisotopic (exact) mass is 533 g/mol. The average molecular weight is 534 g/mol. The standard InChI is InChI=1S/C28H40FN3O4S/c1-7-25(28(34)30-18-20(2)3)31(19-23-12-14-24(29)15-13-23)27(33)9-8-16-32(37(6,35)36)26-17-21(4)10-11-22(26)5/h10-15,17,20,25H,7-9,16,18-19H2,1-6H3,(H,30,34). The number of nitrogens with zero attached hydrogens (tertiary/aromatic N) is 2. The van der Waals surface area contributed by atoms with Gasteiger partial charge in [-0.3, -0.25) is 13.9 Å². The Morgan fingerprint density at radius 2 is 1.70 bits per heavy atom. The molecule has 2 rings (SSSR count). The third-order valence-electron chi connectivity index (χ3n) is 6.12. The summed E-state index contributed by atoms with van der Waals surface area (Å²) in [5.74, 6) is -0.615. The molecule has 0 aliphatic carbocycles. The Kier molecular flexibility index (Phi) is 11.1. The molecule has 1 unspecified atom stereocenters. The van der Waals surface area contributed by atoms with Gasteiger partial charge >= 0.3 is 0 Å². The molecule has 2 aromatic carbocycles. The van der Waals surface area contributed by atoms with E-state index in [2.05, 4.69) is 5.32 Å². The Labute approximate surface area is 221 Å². The van der Waals surface area contributed by atoms with Gasteiger partial charge in [-0.05, 0) is 67.5 Å². The highest BCUT2D eigenvalue weighted by Gasteiger charge is 2.29. The van der Waals surface area contributed by atoms with Gasteiger partial charge in [0.25, 0.3) is 0 Å². The van der Waals surface area contributed by atoms with Gasteiger partial charge in [0.1, 0.15) is 11.9 Å². The number of benzene rings is 2. The summed E-state index contributed by atoms with van der Waals surface area (Å²) in [4.78, 5) is 28.0. The van der Waals surface area contributed by atoms with E-state index >= 15 is 0 Å². The fourth-order valence-corrected chi connectivity index (χ4v) is 5.11. The molecule has 0 bridgehead atoms. The van der Waals surface area contributed by atoms with Crippen LogP contribution >= 0.6 is 0 Å². The molecule has 0 radical (unpaired) electrons. The topological polar surface area (TPSA) is 86.8 Å². The summed E-state index contributed by atoms with van der Waals surface area (Å²) in [6.07, 6.45) is 1.91. The van der Waals surface area contributed by atoms with Gasteiger partial charge in [0.05, 0.1) is 11.9 Å². The number of carbonyl (C=O) groups is 2. The van der Waals surface area contributed by atoms with Crippen LogP contribution in [0, 0.1) is 25.6 Å². The molecule has 0 fully saturated rings. The minimum Gasteiger partial charge on any atom is -0.354 e. The highest BCUT2D eigenvalue weighted by molar-refractivity contribution is 7.92. The van der Waals surface area contributed by atoms with Crippen molar-refractivity contribution in [1.29, 1.82) is 0 Å². The number of amides is 2. The van der Waals surface area contributed by atoms with E-state index in [0.717, 1.165) is 17.4 Å². The second-order valence-corrected chi connectivity index (χ2v) is 11.8. The van der Waals surface area contributed by atoms with Crippen LogP contribution in [0.5, 0.6) is 0 Å². The Hall–Kier alpha value is -2.94. The quantitative estimate of drug-likeness (QED) is 0.409. The number of nitrogens with one attached hydrogen (secondary N) is 1. The average Bonchev–Trinajstić information content (AvgIpc) is 2.82. The van der Waals surface area contributed by atoms with Crippen LogP contribution in [-0.2, 0) is 26.2 Å². The summed E-state index contributed by atoms with van der Waals surface area (Å²) in [6, 6.07) is 10.8. The van der Waals surface area contributed by atoms with Crippen molar-refractivity contribution in [3.8, 4) is 0 Å². The molecular formula is C28H40FN3O4S. The Morgan fingerprint density at radius 3 is 2.27 bits per heavy atom. The van der Waals surface area contributed by atoms with Crippen LogP contribution in [0.1, 0.15) is 56.7 Å². The van der Waals surface area contributed by atoms with Crippen molar-refractivity contribution in [2.75, 3.05) is 23.7 Å². The lowest BCUT2D eigenvalue weighted by atomic mass is 10.1. The van der Waals surface area contributed by atoms with Gasteiger partial charge in [-0.1, -0.05) is 45.0 Å². The summed E-state index contributed by atoms with van der Waals surface area (Å²) in [7, 11) is -3.57. The van der Waals surface area contributed by atoms with Crippen molar-refractivity contribution < 1.29 is 22.4 Å². The van der Waals surface area contributed by atoms with E-state index < -0.39 is 16.1 Å². The minimum absolute atomic E-state index is 0.0615. The Balaban J connectivity index is 2.23. The highest BCUT2D eigenvalue weighted by Crippen LogP contribution is 2.25. The van der Waals surface area contributed by atoms with E-state index in [1.807, 2.05) is 52.8 Å². The molecule has 1 N–H and O–H groups in total. The smallest absolute Gasteiger partial charge is 0.242 e. The van der Waals surface area contributed by atoms with Crippen molar-refractivity contribution in [1.82, 2.24) is 10.2 Å². The van der Waals surface area contributed by atoms with E-state index in [-0.39, 0.29) is 49.5 Å². The molecule has 9 heteroatoms. The highest BCUT2D eigenvalue weighted by atomic mass is 32.2. The first kappa shape index (κ1) is 30.3. The number of sulfonamides is 1. The van der Waals surface area contributed by atoms with Crippen LogP contribution in [0.25, 0.3) is 0 Å². The Morgan fingerprint density at radius 1 is 1.05 bits per heavy atom. The van der Waals surface area contributed by atoms with Crippen molar-refractivity contribution in [3.05, 3.63) is 65.0 Å². The summed E-state index contributed by atoms with van der Waals surface area (Å²) >= 11 is 0. The van der Waals surface area contributed by atoms with Crippen molar-refractivity contribution >= 4 is 27.5 Å². The normalized spacial score (nSPS) is 12.3. The molecule has 0 aliphatic rings. The lowest BCUT2D eigenvalue weighted by Crippen LogP contribution is -2.49. The molecule has 0 saturated carbocycles. The Bertz CT molecular complexity index is 1170. The van der Waals surface area contributed by atoms with E-state index in [9.17, 15) is 22.4 Å². The van der Waals surface area contributed by atoms with Gasteiger partial charge in [-0.15, -0.1) is 0 Å². The van der Waals surface area contributed by atoms with E-state index in [1.165, 1.54) is 21.3 Å². The van der Waals surface area contributed by atoms with Crippen molar-refractivity contribution in [3.63, 3.8) is 0 Å². The zero-order valence-electron chi connectivity index (χ0n) is 22.8. The number of hydrogen-bond donors (Lipinski definition) is 1. The van der Waals surface area contributed by atoms with Crippen LogP contribution < -0.4 is 9.62 Å². The number of carbonyl (C=O) groups excluding carboxylic acids is 2. The summed E-state index contributed by atoms with van der Waals surface area (Å²) in [5.41, 5.74) is 3.07. The maximum atomic E-state index is 13.5. The van der Waals surface area contributed by atoms with Gasteiger partial charge in [0.2, 0.25) is 21.8 Å². The summed E-state index contributed by atoms with van der Waals surface area (Å²) < 4.78 is 40.0. The minimum atomic E-state index is -3.57. The third kappa shape index (κ3) is 9.14. The van der Waals surface area contributed by atoms with Crippen LogP contribution in [0.3, 0.4) is 0 Å². The SMILES string of the molecule is CCC(C(=O)NCC(C)C)N(Cc1ccc(F)cc1)C(=O)CCCN(c1cc(C)ccc1C)S(C)(=O)=O. The molecule has 2 amide bonds. The number of halogens is 1. The zero-order chi connectivity index (χ0) is 27.8. The zero-order valence-corrected chi connectivity index (χ0v) is 23.6. The maximum absolute atomic E-state index is 13.5. The summed E-state index contributed by atoms with van der Waals surface area (Å²) in [5, 5.41) is 2.91. The second-order valence-electron chi connectivity index (χ2n) is 9.94. The second kappa shape index (κ2) is 13.6. The molecule has 0 aromatic heterocycles. The van der Waals surface area contributed by atoms with Gasteiger partial charge in [-0.25, -0.2) is 12.8 Å². The molecule has 0 saturated heterocycles. The molecule has 0 spiro atoms. The van der Waals surface area contributed by atoms with Crippen molar-refractivity contribution in [2.24, 2.45) is 5.92 Å². The number of rotatable bonds is 13.